The fourth-order valence-corrected chi connectivity index (χ4v) is 1.98. The van der Waals surface area contributed by atoms with Gasteiger partial charge >= 0.3 is 0 Å². The molecule has 0 saturated heterocycles. The fourth-order valence-electron chi connectivity index (χ4n) is 1.27. The number of thiophene rings is 1. The predicted octanol–water partition coefficient (Wildman–Crippen LogP) is 1.56. The number of H-pyrrole nitrogens is 1. The lowest BCUT2D eigenvalue weighted by Gasteiger charge is -1.99. The highest BCUT2D eigenvalue weighted by molar-refractivity contribution is 7.13. The fraction of sp³-hybridized carbons (Fsp3) is 0.100. The highest BCUT2D eigenvalue weighted by atomic mass is 32.1. The highest BCUT2D eigenvalue weighted by Crippen LogP contribution is 2.23. The smallest absolute Gasteiger partial charge is 0.252 e. The van der Waals surface area contributed by atoms with E-state index in [9.17, 15) is 4.79 Å². The number of hydrogen-bond acceptors (Lipinski definition) is 3. The zero-order valence-corrected chi connectivity index (χ0v) is 8.30. The van der Waals surface area contributed by atoms with Gasteiger partial charge in [0, 0.05) is 28.7 Å². The molecule has 3 N–H and O–H groups in total. The van der Waals surface area contributed by atoms with Crippen LogP contribution in [0.4, 0.5) is 0 Å². The molecule has 3 nitrogen and oxygen atoms in total. The van der Waals surface area contributed by atoms with Gasteiger partial charge in [-0.2, -0.15) is 0 Å². The monoisotopic (exact) mass is 206 g/mol. The van der Waals surface area contributed by atoms with Gasteiger partial charge in [0.2, 0.25) is 0 Å². The lowest BCUT2D eigenvalue weighted by Crippen LogP contribution is -2.15. The van der Waals surface area contributed by atoms with Gasteiger partial charge in [0.25, 0.3) is 5.56 Å². The number of nitrogens with two attached hydrogens (primary N) is 1. The summed E-state index contributed by atoms with van der Waals surface area (Å²) in [4.78, 5) is 15.1. The molecule has 0 saturated carbocycles. The summed E-state index contributed by atoms with van der Waals surface area (Å²) in [5, 5.41) is 2.00. The lowest BCUT2D eigenvalue weighted by atomic mass is 10.2. The molecule has 0 aromatic carbocycles. The summed E-state index contributed by atoms with van der Waals surface area (Å²) >= 11 is 1.64. The first-order chi connectivity index (χ1) is 6.81. The first kappa shape index (κ1) is 9.18. The maximum atomic E-state index is 11.2. The second-order valence-corrected chi connectivity index (χ2v) is 3.87. The van der Waals surface area contributed by atoms with E-state index in [1.54, 1.807) is 17.5 Å². The van der Waals surface area contributed by atoms with Crippen molar-refractivity contribution in [1.82, 2.24) is 4.98 Å². The summed E-state index contributed by atoms with van der Waals surface area (Å²) in [6.45, 7) is 0.272. The standard InChI is InChI=1S/C10H10N2OS/c11-5-7-4-8(6-12-10(7)13)9-2-1-3-14-9/h1-4,6H,5,11H2,(H,12,13). The third-order valence-electron chi connectivity index (χ3n) is 2.01. The minimum Gasteiger partial charge on any atom is -0.328 e. The average molecular weight is 206 g/mol. The van der Waals surface area contributed by atoms with E-state index in [4.69, 9.17) is 5.73 Å². The summed E-state index contributed by atoms with van der Waals surface area (Å²) in [6, 6.07) is 5.83. The van der Waals surface area contributed by atoms with Crippen molar-refractivity contribution in [2.75, 3.05) is 0 Å². The highest BCUT2D eigenvalue weighted by Gasteiger charge is 2.02. The van der Waals surface area contributed by atoms with Gasteiger partial charge in [-0.15, -0.1) is 11.3 Å². The first-order valence-corrected chi connectivity index (χ1v) is 5.15. The summed E-state index contributed by atoms with van der Waals surface area (Å²) in [5.41, 5.74) is 6.99. The molecule has 0 amide bonds. The first-order valence-electron chi connectivity index (χ1n) is 4.27. The van der Waals surface area contributed by atoms with E-state index in [1.165, 1.54) is 0 Å². The van der Waals surface area contributed by atoms with E-state index in [2.05, 4.69) is 4.98 Å². The summed E-state index contributed by atoms with van der Waals surface area (Å²) in [6.07, 6.45) is 1.72. The molecular formula is C10H10N2OS. The summed E-state index contributed by atoms with van der Waals surface area (Å²) < 4.78 is 0. The van der Waals surface area contributed by atoms with E-state index in [0.29, 0.717) is 5.56 Å². The number of pyridine rings is 1. The third kappa shape index (κ3) is 1.62. The van der Waals surface area contributed by atoms with Crippen molar-refractivity contribution in [2.45, 2.75) is 6.54 Å². The Labute approximate surface area is 85.2 Å². The molecule has 4 heteroatoms. The van der Waals surface area contributed by atoms with E-state index in [1.807, 2.05) is 23.6 Å². The minimum absolute atomic E-state index is 0.104. The maximum absolute atomic E-state index is 11.2. The normalized spacial score (nSPS) is 10.4. The Morgan fingerprint density at radius 1 is 1.50 bits per heavy atom. The zero-order valence-electron chi connectivity index (χ0n) is 7.49. The van der Waals surface area contributed by atoms with Crippen LogP contribution in [-0.2, 0) is 6.54 Å². The van der Waals surface area contributed by atoms with Gasteiger partial charge in [0.05, 0.1) is 0 Å². The van der Waals surface area contributed by atoms with Crippen molar-refractivity contribution in [1.29, 1.82) is 0 Å². The van der Waals surface area contributed by atoms with Crippen LogP contribution in [0, 0.1) is 0 Å². The van der Waals surface area contributed by atoms with Crippen LogP contribution in [0.15, 0.2) is 34.6 Å². The molecule has 72 valence electrons. The molecule has 14 heavy (non-hydrogen) atoms. The Balaban J connectivity index is 2.51. The zero-order chi connectivity index (χ0) is 9.97. The molecule has 2 aromatic heterocycles. The van der Waals surface area contributed by atoms with E-state index < -0.39 is 0 Å². The molecule has 0 fully saturated rings. The van der Waals surface area contributed by atoms with Gasteiger partial charge in [0.15, 0.2) is 0 Å². The minimum atomic E-state index is -0.104. The average Bonchev–Trinajstić information content (AvgIpc) is 2.71. The van der Waals surface area contributed by atoms with Crippen LogP contribution in [0.25, 0.3) is 10.4 Å². The van der Waals surface area contributed by atoms with Gasteiger partial charge in [0.1, 0.15) is 0 Å². The van der Waals surface area contributed by atoms with Gasteiger partial charge in [-0.1, -0.05) is 6.07 Å². The lowest BCUT2D eigenvalue weighted by molar-refractivity contribution is 1.02. The van der Waals surface area contributed by atoms with E-state index in [0.717, 1.165) is 10.4 Å². The molecule has 2 aromatic rings. The predicted molar refractivity (Wildman–Crippen MR) is 58.3 cm³/mol. The molecule has 0 atom stereocenters. The largest absolute Gasteiger partial charge is 0.328 e. The van der Waals surface area contributed by atoms with Gasteiger partial charge < -0.3 is 10.7 Å². The molecule has 0 radical (unpaired) electrons. The molecule has 0 aliphatic heterocycles. The van der Waals surface area contributed by atoms with Crippen molar-refractivity contribution in [3.63, 3.8) is 0 Å². The number of nitrogens with one attached hydrogen (secondary N) is 1. The molecule has 2 heterocycles. The van der Waals surface area contributed by atoms with Crippen molar-refractivity contribution < 1.29 is 0 Å². The Morgan fingerprint density at radius 2 is 2.36 bits per heavy atom. The molecule has 0 aliphatic carbocycles. The van der Waals surface area contributed by atoms with Crippen LogP contribution in [0.5, 0.6) is 0 Å². The maximum Gasteiger partial charge on any atom is 0.252 e. The number of rotatable bonds is 2. The number of aromatic nitrogens is 1. The number of aromatic amines is 1. The molecule has 2 rings (SSSR count). The van der Waals surface area contributed by atoms with Gasteiger partial charge in [-0.25, -0.2) is 0 Å². The van der Waals surface area contributed by atoms with Crippen LogP contribution in [0.1, 0.15) is 5.56 Å². The Bertz CT molecular complexity index is 473. The van der Waals surface area contributed by atoms with E-state index >= 15 is 0 Å². The molecule has 0 unspecified atom stereocenters. The molecular weight excluding hydrogens is 196 g/mol. The van der Waals surface area contributed by atoms with E-state index in [-0.39, 0.29) is 12.1 Å². The van der Waals surface area contributed by atoms with Crippen molar-refractivity contribution >= 4 is 11.3 Å². The SMILES string of the molecule is NCc1cc(-c2cccs2)c[nH]c1=O. The van der Waals surface area contributed by atoms with Crippen molar-refractivity contribution in [2.24, 2.45) is 5.73 Å². The van der Waals surface area contributed by atoms with Crippen molar-refractivity contribution in [3.8, 4) is 10.4 Å². The second kappa shape index (κ2) is 3.77. The second-order valence-electron chi connectivity index (χ2n) is 2.92. The van der Waals surface area contributed by atoms with Crippen LogP contribution < -0.4 is 11.3 Å². The molecule has 0 aliphatic rings. The van der Waals surface area contributed by atoms with Crippen LogP contribution >= 0.6 is 11.3 Å². The summed E-state index contributed by atoms with van der Waals surface area (Å²) in [5.74, 6) is 0. The van der Waals surface area contributed by atoms with Crippen molar-refractivity contribution in [3.05, 3.63) is 45.7 Å². The number of hydrogen-bond donors (Lipinski definition) is 2. The molecule has 0 spiro atoms. The van der Waals surface area contributed by atoms with Crippen LogP contribution in [0.2, 0.25) is 0 Å². The quantitative estimate of drug-likeness (QED) is 0.783. The Morgan fingerprint density at radius 3 is 3.00 bits per heavy atom. The Hall–Kier alpha value is -1.39. The summed E-state index contributed by atoms with van der Waals surface area (Å²) in [7, 11) is 0. The Kier molecular flexibility index (Phi) is 2.47. The molecule has 0 bridgehead atoms. The topological polar surface area (TPSA) is 58.9 Å². The third-order valence-corrected chi connectivity index (χ3v) is 2.92. The van der Waals surface area contributed by atoms with Crippen LogP contribution in [0.3, 0.4) is 0 Å². The van der Waals surface area contributed by atoms with Crippen LogP contribution in [-0.4, -0.2) is 4.98 Å². The van der Waals surface area contributed by atoms with Gasteiger partial charge in [-0.05, 0) is 17.5 Å². The van der Waals surface area contributed by atoms with Gasteiger partial charge in [-0.3, -0.25) is 4.79 Å².